The van der Waals surface area contributed by atoms with Gasteiger partial charge in [-0.2, -0.15) is 0 Å². The highest BCUT2D eigenvalue weighted by molar-refractivity contribution is 5.82. The summed E-state index contributed by atoms with van der Waals surface area (Å²) in [6.45, 7) is 0.224. The van der Waals surface area contributed by atoms with E-state index in [9.17, 15) is 4.79 Å². The molecule has 0 aliphatic rings. The Hall–Kier alpha value is -1.79. The Kier molecular flexibility index (Phi) is 4.39. The zero-order valence-corrected chi connectivity index (χ0v) is 8.44. The number of nitrogens with two attached hydrogens (primary N) is 1. The number of terminal acetylenes is 1. The van der Waals surface area contributed by atoms with Gasteiger partial charge in [-0.15, -0.1) is 6.42 Å². The zero-order chi connectivity index (χ0) is 11.1. The summed E-state index contributed by atoms with van der Waals surface area (Å²) in [5, 5.41) is 2.55. The second-order valence-corrected chi connectivity index (χ2v) is 3.22. The average Bonchev–Trinajstić information content (AvgIpc) is 2.27. The van der Waals surface area contributed by atoms with E-state index in [2.05, 4.69) is 11.2 Å². The number of rotatable bonds is 4. The van der Waals surface area contributed by atoms with E-state index >= 15 is 0 Å². The van der Waals surface area contributed by atoms with Crippen LogP contribution in [0.25, 0.3) is 0 Å². The molecule has 0 aliphatic heterocycles. The summed E-state index contributed by atoms with van der Waals surface area (Å²) in [4.78, 5) is 11.4. The Morgan fingerprint density at radius 3 is 2.73 bits per heavy atom. The lowest BCUT2D eigenvalue weighted by Gasteiger charge is -2.10. The molecule has 0 saturated carbocycles. The molecule has 0 aromatic heterocycles. The molecule has 1 aromatic carbocycles. The molecule has 0 saturated heterocycles. The monoisotopic (exact) mass is 202 g/mol. The van der Waals surface area contributed by atoms with Gasteiger partial charge >= 0.3 is 0 Å². The molecule has 1 atom stereocenters. The van der Waals surface area contributed by atoms with Crippen molar-refractivity contribution in [2.75, 3.05) is 6.54 Å². The number of carbonyl (C=O) groups is 1. The minimum atomic E-state index is -0.541. The lowest BCUT2D eigenvalue weighted by molar-refractivity contribution is -0.122. The van der Waals surface area contributed by atoms with Gasteiger partial charge < -0.3 is 11.1 Å². The molecule has 15 heavy (non-hydrogen) atoms. The fourth-order valence-corrected chi connectivity index (χ4v) is 1.23. The van der Waals surface area contributed by atoms with E-state index in [1.807, 2.05) is 30.3 Å². The van der Waals surface area contributed by atoms with Crippen molar-refractivity contribution in [1.29, 1.82) is 0 Å². The van der Waals surface area contributed by atoms with Gasteiger partial charge in [0.25, 0.3) is 0 Å². The van der Waals surface area contributed by atoms with E-state index in [0.29, 0.717) is 6.42 Å². The average molecular weight is 202 g/mol. The van der Waals surface area contributed by atoms with E-state index in [1.165, 1.54) is 0 Å². The van der Waals surface area contributed by atoms with Crippen molar-refractivity contribution < 1.29 is 4.79 Å². The molecule has 78 valence electrons. The normalized spacial score (nSPS) is 11.5. The molecule has 0 bridgehead atoms. The van der Waals surface area contributed by atoms with Crippen LogP contribution in [0.5, 0.6) is 0 Å². The maximum atomic E-state index is 11.4. The van der Waals surface area contributed by atoms with Crippen LogP contribution < -0.4 is 11.1 Å². The Labute approximate surface area is 89.7 Å². The third-order valence-electron chi connectivity index (χ3n) is 2.00. The van der Waals surface area contributed by atoms with Gasteiger partial charge in [0.2, 0.25) is 5.91 Å². The van der Waals surface area contributed by atoms with E-state index in [0.717, 1.165) is 5.56 Å². The van der Waals surface area contributed by atoms with E-state index < -0.39 is 6.04 Å². The second-order valence-electron chi connectivity index (χ2n) is 3.22. The Morgan fingerprint density at radius 1 is 1.47 bits per heavy atom. The number of carbonyl (C=O) groups excluding carboxylic acids is 1. The van der Waals surface area contributed by atoms with Gasteiger partial charge in [0.1, 0.15) is 0 Å². The van der Waals surface area contributed by atoms with Gasteiger partial charge in [-0.05, 0) is 12.0 Å². The molecule has 0 spiro atoms. The van der Waals surface area contributed by atoms with Crippen LogP contribution in [0.4, 0.5) is 0 Å². The highest BCUT2D eigenvalue weighted by Crippen LogP contribution is 2.01. The third-order valence-corrected chi connectivity index (χ3v) is 2.00. The smallest absolute Gasteiger partial charge is 0.238 e. The van der Waals surface area contributed by atoms with Crippen LogP contribution in [0.15, 0.2) is 30.3 Å². The first-order valence-corrected chi connectivity index (χ1v) is 4.74. The molecule has 1 aromatic rings. The van der Waals surface area contributed by atoms with Crippen molar-refractivity contribution in [2.24, 2.45) is 5.73 Å². The quantitative estimate of drug-likeness (QED) is 0.690. The first-order chi connectivity index (χ1) is 7.24. The molecule has 1 amide bonds. The lowest BCUT2D eigenvalue weighted by atomic mass is 10.1. The van der Waals surface area contributed by atoms with Crippen LogP contribution in [-0.2, 0) is 11.2 Å². The maximum absolute atomic E-state index is 11.4. The minimum absolute atomic E-state index is 0.211. The number of hydrogen-bond acceptors (Lipinski definition) is 2. The Balaban J connectivity index is 2.46. The van der Waals surface area contributed by atoms with Crippen LogP contribution >= 0.6 is 0 Å². The van der Waals surface area contributed by atoms with Gasteiger partial charge in [0.05, 0.1) is 12.6 Å². The molecule has 3 heteroatoms. The van der Waals surface area contributed by atoms with E-state index in [4.69, 9.17) is 12.2 Å². The molecule has 0 heterocycles. The lowest BCUT2D eigenvalue weighted by Crippen LogP contribution is -2.42. The molecular weight excluding hydrogens is 188 g/mol. The highest BCUT2D eigenvalue weighted by atomic mass is 16.2. The molecule has 0 fully saturated rings. The van der Waals surface area contributed by atoms with Crippen LogP contribution in [0, 0.1) is 12.3 Å². The van der Waals surface area contributed by atoms with Crippen molar-refractivity contribution in [1.82, 2.24) is 5.32 Å². The predicted octanol–water partition coefficient (Wildman–Crippen LogP) is 0.306. The summed E-state index contributed by atoms with van der Waals surface area (Å²) < 4.78 is 0. The third kappa shape index (κ3) is 3.84. The maximum Gasteiger partial charge on any atom is 0.238 e. The number of benzene rings is 1. The largest absolute Gasteiger partial charge is 0.344 e. The first kappa shape index (κ1) is 11.3. The fraction of sp³-hybridized carbons (Fsp3) is 0.250. The summed E-state index contributed by atoms with van der Waals surface area (Å²) in [7, 11) is 0. The summed E-state index contributed by atoms with van der Waals surface area (Å²) in [6, 6.07) is 9.10. The summed E-state index contributed by atoms with van der Waals surface area (Å²) >= 11 is 0. The summed E-state index contributed by atoms with van der Waals surface area (Å²) in [5.74, 6) is 2.12. The molecule has 3 N–H and O–H groups in total. The van der Waals surface area contributed by atoms with Gasteiger partial charge in [0.15, 0.2) is 0 Å². The molecule has 3 nitrogen and oxygen atoms in total. The van der Waals surface area contributed by atoms with Gasteiger partial charge in [-0.3, -0.25) is 4.79 Å². The van der Waals surface area contributed by atoms with Crippen molar-refractivity contribution in [3.05, 3.63) is 35.9 Å². The van der Waals surface area contributed by atoms with Gasteiger partial charge in [-0.1, -0.05) is 36.3 Å². The van der Waals surface area contributed by atoms with Crippen LogP contribution in [0.2, 0.25) is 0 Å². The van der Waals surface area contributed by atoms with E-state index in [-0.39, 0.29) is 12.5 Å². The summed E-state index contributed by atoms with van der Waals surface area (Å²) in [6.07, 6.45) is 5.55. The fourth-order valence-electron chi connectivity index (χ4n) is 1.23. The predicted molar refractivity (Wildman–Crippen MR) is 60.0 cm³/mol. The Morgan fingerprint density at radius 2 is 2.13 bits per heavy atom. The highest BCUT2D eigenvalue weighted by Gasteiger charge is 2.12. The SMILES string of the molecule is C#CCNC(=O)C(N)Cc1ccccc1. The van der Waals surface area contributed by atoms with Crippen LogP contribution in [0.3, 0.4) is 0 Å². The Bertz CT molecular complexity index is 354. The number of hydrogen-bond donors (Lipinski definition) is 2. The van der Waals surface area contributed by atoms with Crippen molar-refractivity contribution in [2.45, 2.75) is 12.5 Å². The standard InChI is InChI=1S/C12H14N2O/c1-2-8-14-12(15)11(13)9-10-6-4-3-5-7-10/h1,3-7,11H,8-9,13H2,(H,14,15). The minimum Gasteiger partial charge on any atom is -0.344 e. The topological polar surface area (TPSA) is 55.1 Å². The molecule has 0 radical (unpaired) electrons. The number of amides is 1. The van der Waals surface area contributed by atoms with Crippen molar-refractivity contribution in [3.8, 4) is 12.3 Å². The molecule has 0 aliphatic carbocycles. The van der Waals surface area contributed by atoms with Gasteiger partial charge in [0, 0.05) is 0 Å². The van der Waals surface area contributed by atoms with Crippen LogP contribution in [-0.4, -0.2) is 18.5 Å². The zero-order valence-electron chi connectivity index (χ0n) is 8.44. The second kappa shape index (κ2) is 5.84. The van der Waals surface area contributed by atoms with Crippen LogP contribution in [0.1, 0.15) is 5.56 Å². The molecule has 1 rings (SSSR count). The summed E-state index contributed by atoms with van der Waals surface area (Å²) in [5.41, 5.74) is 6.75. The van der Waals surface area contributed by atoms with Crippen molar-refractivity contribution >= 4 is 5.91 Å². The van der Waals surface area contributed by atoms with E-state index in [1.54, 1.807) is 0 Å². The first-order valence-electron chi connectivity index (χ1n) is 4.74. The molecule has 1 unspecified atom stereocenters. The van der Waals surface area contributed by atoms with Crippen molar-refractivity contribution in [3.63, 3.8) is 0 Å². The molecular formula is C12H14N2O. The van der Waals surface area contributed by atoms with Gasteiger partial charge in [-0.25, -0.2) is 0 Å². The number of nitrogens with one attached hydrogen (secondary N) is 1.